The molecule has 2 unspecified atom stereocenters. The molecule has 0 bridgehead atoms. The molecule has 0 radical (unpaired) electrons. The lowest BCUT2D eigenvalue weighted by Gasteiger charge is -2.25. The summed E-state index contributed by atoms with van der Waals surface area (Å²) in [5.41, 5.74) is 0. The Hall–Kier alpha value is -1.11. The van der Waals surface area contributed by atoms with Crippen molar-refractivity contribution >= 4 is 21.7 Å². The molecule has 1 aliphatic rings. The normalized spacial score (nSPS) is 23.0. The second-order valence-electron chi connectivity index (χ2n) is 4.85. The van der Waals surface area contributed by atoms with E-state index >= 15 is 0 Å². The molecule has 0 aromatic rings. The van der Waals surface area contributed by atoms with Gasteiger partial charge in [-0.3, -0.25) is 9.59 Å². The summed E-state index contributed by atoms with van der Waals surface area (Å²) >= 11 is 0. The molecule has 1 aliphatic heterocycles. The Bertz CT molecular complexity index is 417. The topological polar surface area (TPSA) is 101 Å². The molecule has 1 saturated heterocycles. The molecule has 0 saturated carbocycles. The van der Waals surface area contributed by atoms with E-state index in [9.17, 15) is 18.0 Å². The summed E-state index contributed by atoms with van der Waals surface area (Å²) in [6, 6.07) is -0.163. The van der Waals surface area contributed by atoms with Gasteiger partial charge in [0, 0.05) is 12.0 Å². The summed E-state index contributed by atoms with van der Waals surface area (Å²) in [4.78, 5) is 22.6. The zero-order chi connectivity index (χ0) is 13.9. The van der Waals surface area contributed by atoms with Crippen LogP contribution in [0.15, 0.2) is 0 Å². The van der Waals surface area contributed by atoms with Crippen molar-refractivity contribution in [2.75, 3.05) is 11.5 Å². The Balaban J connectivity index is 2.49. The molecule has 18 heavy (non-hydrogen) atoms. The molecule has 1 fully saturated rings. The molecular weight excluding hydrogens is 258 g/mol. The largest absolute Gasteiger partial charge is 0.481 e. The maximum atomic E-state index is 11.8. The van der Waals surface area contributed by atoms with E-state index in [0.29, 0.717) is 12.8 Å². The Morgan fingerprint density at radius 3 is 2.11 bits per heavy atom. The minimum Gasteiger partial charge on any atom is -0.481 e. The number of nitrogens with one attached hydrogen (secondary N) is 1. The first-order valence-electron chi connectivity index (χ1n) is 5.96. The van der Waals surface area contributed by atoms with Gasteiger partial charge in [-0.25, -0.2) is 8.42 Å². The van der Waals surface area contributed by atoms with Gasteiger partial charge < -0.3 is 10.4 Å². The summed E-state index contributed by atoms with van der Waals surface area (Å²) in [7, 11) is -2.95. The van der Waals surface area contributed by atoms with Crippen LogP contribution >= 0.6 is 0 Å². The van der Waals surface area contributed by atoms with E-state index in [1.165, 1.54) is 6.92 Å². The van der Waals surface area contributed by atoms with Gasteiger partial charge in [0.15, 0.2) is 0 Å². The monoisotopic (exact) mass is 277 g/mol. The van der Waals surface area contributed by atoms with Crippen LogP contribution in [0.1, 0.15) is 26.7 Å². The van der Waals surface area contributed by atoms with Crippen LogP contribution in [0, 0.1) is 11.8 Å². The predicted molar refractivity (Wildman–Crippen MR) is 65.8 cm³/mol. The van der Waals surface area contributed by atoms with Gasteiger partial charge >= 0.3 is 5.97 Å². The third kappa shape index (κ3) is 3.97. The molecule has 7 heteroatoms. The number of carboxylic acid groups (broad SMARTS) is 1. The van der Waals surface area contributed by atoms with Crippen LogP contribution in [-0.4, -0.2) is 42.9 Å². The van der Waals surface area contributed by atoms with Crippen molar-refractivity contribution < 1.29 is 23.1 Å². The quantitative estimate of drug-likeness (QED) is 0.755. The maximum absolute atomic E-state index is 11.8. The molecule has 0 aliphatic carbocycles. The van der Waals surface area contributed by atoms with E-state index in [1.54, 1.807) is 6.92 Å². The lowest BCUT2D eigenvalue weighted by molar-refractivity contribution is -0.146. The number of hydrogen-bond acceptors (Lipinski definition) is 4. The number of carbonyl (C=O) groups is 2. The van der Waals surface area contributed by atoms with E-state index < -0.39 is 27.6 Å². The number of amides is 1. The van der Waals surface area contributed by atoms with Crippen LogP contribution in [0.2, 0.25) is 0 Å². The zero-order valence-corrected chi connectivity index (χ0v) is 11.4. The van der Waals surface area contributed by atoms with Crippen LogP contribution < -0.4 is 5.32 Å². The van der Waals surface area contributed by atoms with Gasteiger partial charge in [0.05, 0.1) is 17.4 Å². The smallest absolute Gasteiger partial charge is 0.307 e. The molecule has 2 N–H and O–H groups in total. The van der Waals surface area contributed by atoms with Gasteiger partial charge in [-0.05, 0) is 12.8 Å². The molecule has 1 amide bonds. The minimum atomic E-state index is -2.95. The zero-order valence-electron chi connectivity index (χ0n) is 10.5. The number of carbonyl (C=O) groups excluding carboxylic acids is 1. The lowest BCUT2D eigenvalue weighted by Crippen LogP contribution is -2.44. The predicted octanol–water partition coefficient (Wildman–Crippen LogP) is 0.0366. The van der Waals surface area contributed by atoms with Crippen LogP contribution in [-0.2, 0) is 19.4 Å². The van der Waals surface area contributed by atoms with Crippen molar-refractivity contribution in [2.45, 2.75) is 32.7 Å². The average Bonchev–Trinajstić information content (AvgIpc) is 2.29. The third-order valence-corrected chi connectivity index (χ3v) is 5.17. The molecule has 1 rings (SSSR count). The molecule has 104 valence electrons. The lowest BCUT2D eigenvalue weighted by atomic mass is 9.95. The number of hydrogen-bond donors (Lipinski definition) is 2. The van der Waals surface area contributed by atoms with E-state index in [0.717, 1.165) is 0 Å². The second-order valence-corrected chi connectivity index (χ2v) is 7.15. The third-order valence-electron chi connectivity index (χ3n) is 3.45. The number of carboxylic acids is 1. The Kier molecular flexibility index (Phi) is 4.72. The molecule has 0 aromatic heterocycles. The highest BCUT2D eigenvalue weighted by atomic mass is 32.2. The first-order valence-corrected chi connectivity index (χ1v) is 7.78. The first kappa shape index (κ1) is 14.9. The molecule has 6 nitrogen and oxygen atoms in total. The van der Waals surface area contributed by atoms with E-state index in [-0.39, 0.29) is 23.5 Å². The van der Waals surface area contributed by atoms with Crippen LogP contribution in [0.3, 0.4) is 0 Å². The second kappa shape index (κ2) is 5.69. The number of rotatable bonds is 4. The average molecular weight is 277 g/mol. The van der Waals surface area contributed by atoms with Crippen molar-refractivity contribution in [3.8, 4) is 0 Å². The van der Waals surface area contributed by atoms with Crippen molar-refractivity contribution in [1.29, 1.82) is 0 Å². The van der Waals surface area contributed by atoms with Crippen molar-refractivity contribution in [1.82, 2.24) is 5.32 Å². The summed E-state index contributed by atoms with van der Waals surface area (Å²) in [5.74, 6) is -2.54. The Labute approximate surface area is 107 Å². The fraction of sp³-hybridized carbons (Fsp3) is 0.818. The first-order chi connectivity index (χ1) is 8.23. The van der Waals surface area contributed by atoms with E-state index in [1.807, 2.05) is 0 Å². The van der Waals surface area contributed by atoms with Gasteiger partial charge in [0.1, 0.15) is 9.84 Å². The van der Waals surface area contributed by atoms with Gasteiger partial charge in [-0.2, -0.15) is 0 Å². The van der Waals surface area contributed by atoms with Crippen molar-refractivity contribution in [2.24, 2.45) is 11.8 Å². The van der Waals surface area contributed by atoms with Crippen molar-refractivity contribution in [3.63, 3.8) is 0 Å². The fourth-order valence-corrected chi connectivity index (χ4v) is 3.30. The number of aliphatic carboxylic acids is 1. The number of sulfone groups is 1. The van der Waals surface area contributed by atoms with Crippen LogP contribution in [0.4, 0.5) is 0 Å². The van der Waals surface area contributed by atoms with E-state index in [2.05, 4.69) is 5.32 Å². The summed E-state index contributed by atoms with van der Waals surface area (Å²) in [5, 5.41) is 11.5. The highest BCUT2D eigenvalue weighted by Crippen LogP contribution is 2.15. The molecule has 2 atom stereocenters. The SMILES string of the molecule is CC(C(=O)O)C(C)C(=O)NC1CCS(=O)(=O)CC1. The summed E-state index contributed by atoms with van der Waals surface area (Å²) in [6.07, 6.45) is 0.810. The maximum Gasteiger partial charge on any atom is 0.307 e. The highest BCUT2D eigenvalue weighted by molar-refractivity contribution is 7.91. The molecule has 1 heterocycles. The summed E-state index contributed by atoms with van der Waals surface area (Å²) in [6.45, 7) is 3.05. The standard InChI is InChI=1S/C11H19NO5S/c1-7(8(2)11(14)15)10(13)12-9-3-5-18(16,17)6-4-9/h7-9H,3-6H2,1-2H3,(H,12,13)(H,14,15). The van der Waals surface area contributed by atoms with Gasteiger partial charge in [-0.15, -0.1) is 0 Å². The molecular formula is C11H19NO5S. The molecule has 0 spiro atoms. The fourth-order valence-electron chi connectivity index (χ4n) is 1.81. The highest BCUT2D eigenvalue weighted by Gasteiger charge is 2.29. The van der Waals surface area contributed by atoms with Crippen molar-refractivity contribution in [3.05, 3.63) is 0 Å². The van der Waals surface area contributed by atoms with Crippen LogP contribution in [0.5, 0.6) is 0 Å². The van der Waals surface area contributed by atoms with Gasteiger partial charge in [0.2, 0.25) is 5.91 Å². The van der Waals surface area contributed by atoms with Gasteiger partial charge in [-0.1, -0.05) is 13.8 Å². The Morgan fingerprint density at radius 2 is 1.67 bits per heavy atom. The molecule has 0 aromatic carbocycles. The minimum absolute atomic E-state index is 0.0841. The van der Waals surface area contributed by atoms with Gasteiger partial charge in [0.25, 0.3) is 0 Å². The van der Waals surface area contributed by atoms with Crippen LogP contribution in [0.25, 0.3) is 0 Å². The Morgan fingerprint density at radius 1 is 1.17 bits per heavy atom. The summed E-state index contributed by atoms with van der Waals surface area (Å²) < 4.78 is 22.4. The van der Waals surface area contributed by atoms with E-state index in [4.69, 9.17) is 5.11 Å².